The molecule has 1 saturated heterocycles. The summed E-state index contributed by atoms with van der Waals surface area (Å²) in [6, 6.07) is 26.7. The first-order valence-corrected chi connectivity index (χ1v) is 17.4. The number of allylic oxidation sites excluding steroid dienone is 4. The lowest BCUT2D eigenvalue weighted by Gasteiger charge is -2.55. The summed E-state index contributed by atoms with van der Waals surface area (Å²) in [5.41, 5.74) is 1.10. The minimum Gasteiger partial charge on any atom is -0.508 e. The molecule has 2 fully saturated rings. The van der Waals surface area contributed by atoms with E-state index in [4.69, 9.17) is 9.47 Å². The molecule has 1 heterocycles. The van der Waals surface area contributed by atoms with Crippen LogP contribution in [0.2, 0.25) is 0 Å². The number of benzene rings is 4. The standard InChI is InChI=1S/C43H35NO9/c1-52-33-19-27(45)20-34(53-2)37(33)38-28-16-17-29-36(41(49)44(40(29)48)26-15-9-12-24(18-26)42(50)51)31(28)21-32-39(47)30(23-10-5-3-6-11-23)22-35(46)43(32,38)25-13-7-4-8-14-25/h3-16,18-20,22,29,31-32,36,38,45H,17,21H2,1-2H3,(H,50,51). The number of carbonyl (C=O) groups excluding carboxylic acids is 4. The number of hydrogen-bond acceptors (Lipinski definition) is 8. The number of fused-ring (bicyclic) bond motifs is 4. The first-order valence-electron chi connectivity index (χ1n) is 17.4. The number of methoxy groups -OCH3 is 2. The molecule has 266 valence electrons. The zero-order valence-electron chi connectivity index (χ0n) is 28.9. The number of aromatic hydroxyl groups is 1. The number of amides is 2. The van der Waals surface area contributed by atoms with E-state index in [9.17, 15) is 24.6 Å². The van der Waals surface area contributed by atoms with Crippen molar-refractivity contribution in [3.05, 3.63) is 137 Å². The van der Waals surface area contributed by atoms with Gasteiger partial charge in [0.15, 0.2) is 11.6 Å². The van der Waals surface area contributed by atoms with Crippen LogP contribution >= 0.6 is 0 Å². The number of nitrogens with zero attached hydrogens (tertiary/aromatic N) is 1. The summed E-state index contributed by atoms with van der Waals surface area (Å²) in [6.45, 7) is 0. The molecule has 6 atom stereocenters. The quantitative estimate of drug-likeness (QED) is 0.171. The van der Waals surface area contributed by atoms with Crippen molar-refractivity contribution < 1.29 is 43.7 Å². The lowest BCUT2D eigenvalue weighted by atomic mass is 9.44. The van der Waals surface area contributed by atoms with Crippen LogP contribution in [0.5, 0.6) is 17.2 Å². The van der Waals surface area contributed by atoms with Crippen molar-refractivity contribution in [1.29, 1.82) is 0 Å². The molecule has 1 aliphatic heterocycles. The van der Waals surface area contributed by atoms with E-state index in [1.165, 1.54) is 56.7 Å². The van der Waals surface area contributed by atoms with Gasteiger partial charge in [0, 0.05) is 35.1 Å². The zero-order valence-corrected chi connectivity index (χ0v) is 28.9. The van der Waals surface area contributed by atoms with E-state index in [0.717, 1.165) is 4.90 Å². The monoisotopic (exact) mass is 709 g/mol. The summed E-state index contributed by atoms with van der Waals surface area (Å²) in [5, 5.41) is 20.4. The number of rotatable bonds is 7. The normalized spacial score (nSPS) is 26.2. The van der Waals surface area contributed by atoms with Crippen LogP contribution in [0, 0.1) is 23.7 Å². The lowest BCUT2D eigenvalue weighted by molar-refractivity contribution is -0.135. The number of phenolic OH excluding ortho intramolecular Hbond substituents is 1. The molecule has 10 nitrogen and oxygen atoms in total. The van der Waals surface area contributed by atoms with Crippen LogP contribution in [0.3, 0.4) is 0 Å². The summed E-state index contributed by atoms with van der Waals surface area (Å²) in [7, 11) is 2.89. The topological polar surface area (TPSA) is 148 Å². The van der Waals surface area contributed by atoms with Gasteiger partial charge in [0.1, 0.15) is 17.2 Å². The van der Waals surface area contributed by atoms with Crippen molar-refractivity contribution in [2.75, 3.05) is 19.1 Å². The van der Waals surface area contributed by atoms with Gasteiger partial charge in [-0.15, -0.1) is 0 Å². The van der Waals surface area contributed by atoms with E-state index in [0.29, 0.717) is 22.3 Å². The Morgan fingerprint density at radius 1 is 0.811 bits per heavy atom. The Morgan fingerprint density at radius 3 is 2.11 bits per heavy atom. The highest BCUT2D eigenvalue weighted by molar-refractivity contribution is 6.32. The smallest absolute Gasteiger partial charge is 0.335 e. The second kappa shape index (κ2) is 12.7. The molecule has 0 spiro atoms. The molecule has 10 heteroatoms. The van der Waals surface area contributed by atoms with Gasteiger partial charge in [-0.3, -0.25) is 24.1 Å². The SMILES string of the molecule is COc1cc(O)cc(OC)c1C1C2=CCC3C(=O)N(c4cccc(C(=O)O)c4)C(=O)C3C2CC2C(=O)C(c3ccccc3)=CC(=O)C21c1ccccc1. The van der Waals surface area contributed by atoms with E-state index in [1.807, 2.05) is 42.5 Å². The average molecular weight is 710 g/mol. The summed E-state index contributed by atoms with van der Waals surface area (Å²) in [5.74, 6) is -6.71. The lowest BCUT2D eigenvalue weighted by Crippen LogP contribution is -2.59. The van der Waals surface area contributed by atoms with Crippen LogP contribution in [-0.4, -0.2) is 53.8 Å². The minimum atomic E-state index is -1.54. The molecule has 3 aliphatic carbocycles. The van der Waals surface area contributed by atoms with Gasteiger partial charge in [0.2, 0.25) is 11.8 Å². The fraction of sp³-hybridized carbons (Fsp3) is 0.233. The molecule has 8 rings (SSSR count). The van der Waals surface area contributed by atoms with Crippen LogP contribution in [0.4, 0.5) is 5.69 Å². The highest BCUT2D eigenvalue weighted by Crippen LogP contribution is 2.65. The zero-order chi connectivity index (χ0) is 37.2. The number of ketones is 2. The summed E-state index contributed by atoms with van der Waals surface area (Å²) >= 11 is 0. The van der Waals surface area contributed by atoms with Gasteiger partial charge in [-0.2, -0.15) is 0 Å². The molecule has 0 radical (unpaired) electrons. The average Bonchev–Trinajstić information content (AvgIpc) is 3.44. The van der Waals surface area contributed by atoms with E-state index in [2.05, 4.69) is 0 Å². The Kier molecular flexibility index (Phi) is 8.13. The van der Waals surface area contributed by atoms with Crippen LogP contribution in [0.25, 0.3) is 5.57 Å². The first-order chi connectivity index (χ1) is 25.6. The third-order valence-electron chi connectivity index (χ3n) is 11.5. The Labute approximate surface area is 305 Å². The molecule has 0 aromatic heterocycles. The summed E-state index contributed by atoms with van der Waals surface area (Å²) < 4.78 is 11.8. The maximum Gasteiger partial charge on any atom is 0.335 e. The maximum absolute atomic E-state index is 15.3. The molecule has 0 bridgehead atoms. The van der Waals surface area contributed by atoms with Gasteiger partial charge >= 0.3 is 5.97 Å². The van der Waals surface area contributed by atoms with Crippen LogP contribution < -0.4 is 14.4 Å². The molecular weight excluding hydrogens is 674 g/mol. The Morgan fingerprint density at radius 2 is 1.47 bits per heavy atom. The van der Waals surface area contributed by atoms with Gasteiger partial charge < -0.3 is 19.7 Å². The second-order valence-electron chi connectivity index (χ2n) is 13.9. The van der Waals surface area contributed by atoms with Crippen molar-refractivity contribution in [2.24, 2.45) is 23.7 Å². The van der Waals surface area contributed by atoms with Crippen LogP contribution in [-0.2, 0) is 24.6 Å². The fourth-order valence-electron chi connectivity index (χ4n) is 9.43. The maximum atomic E-state index is 15.3. The number of ether oxygens (including phenoxy) is 2. The number of Topliss-reactive ketones (excluding diaryl/α,β-unsaturated/α-hetero) is 1. The third-order valence-corrected chi connectivity index (χ3v) is 11.5. The van der Waals surface area contributed by atoms with E-state index in [-0.39, 0.29) is 58.5 Å². The van der Waals surface area contributed by atoms with Crippen molar-refractivity contribution in [1.82, 2.24) is 0 Å². The summed E-state index contributed by atoms with van der Waals surface area (Å²) in [6.07, 6.45) is 3.59. The number of carboxylic acid groups (broad SMARTS) is 1. The number of aromatic carboxylic acids is 1. The minimum absolute atomic E-state index is 0.0692. The Hall–Kier alpha value is -6.29. The molecule has 2 N–H and O–H groups in total. The molecular formula is C43H35NO9. The van der Waals surface area contributed by atoms with Gasteiger partial charge in [-0.1, -0.05) is 78.4 Å². The predicted molar refractivity (Wildman–Crippen MR) is 194 cm³/mol. The largest absolute Gasteiger partial charge is 0.508 e. The highest BCUT2D eigenvalue weighted by Gasteiger charge is 2.66. The predicted octanol–water partition coefficient (Wildman–Crippen LogP) is 6.14. The number of imide groups is 1. The molecule has 4 aromatic carbocycles. The van der Waals surface area contributed by atoms with Crippen molar-refractivity contribution in [3.63, 3.8) is 0 Å². The van der Waals surface area contributed by atoms with Crippen molar-refractivity contribution in [3.8, 4) is 17.2 Å². The van der Waals surface area contributed by atoms with Crippen LogP contribution in [0.15, 0.2) is 115 Å². The van der Waals surface area contributed by atoms with Gasteiger partial charge in [-0.25, -0.2) is 4.79 Å². The number of anilines is 1. The van der Waals surface area contributed by atoms with Crippen molar-refractivity contribution >= 4 is 40.6 Å². The number of carboxylic acids is 1. The van der Waals surface area contributed by atoms with Gasteiger partial charge in [-0.05, 0) is 54.2 Å². The first kappa shape index (κ1) is 33.8. The molecule has 4 aliphatic rings. The number of hydrogen-bond donors (Lipinski definition) is 2. The molecule has 4 aromatic rings. The number of phenols is 1. The van der Waals surface area contributed by atoms with E-state index in [1.54, 1.807) is 24.3 Å². The van der Waals surface area contributed by atoms with Crippen molar-refractivity contribution in [2.45, 2.75) is 24.2 Å². The third kappa shape index (κ3) is 4.96. The Balaban J connectivity index is 1.39. The molecule has 6 unspecified atom stereocenters. The van der Waals surface area contributed by atoms with E-state index < -0.39 is 52.8 Å². The van der Waals surface area contributed by atoms with Gasteiger partial charge in [0.05, 0.1) is 42.7 Å². The molecule has 1 saturated carbocycles. The second-order valence-corrected chi connectivity index (χ2v) is 13.9. The summed E-state index contributed by atoms with van der Waals surface area (Å²) in [4.78, 5) is 72.2. The Bertz CT molecular complexity index is 2250. The number of carbonyl (C=O) groups is 5. The van der Waals surface area contributed by atoms with E-state index >= 15 is 9.59 Å². The van der Waals surface area contributed by atoms with Gasteiger partial charge in [0.25, 0.3) is 0 Å². The molecule has 2 amide bonds. The fourth-order valence-corrected chi connectivity index (χ4v) is 9.43. The highest BCUT2D eigenvalue weighted by atomic mass is 16.5. The molecule has 53 heavy (non-hydrogen) atoms. The van der Waals surface area contributed by atoms with Crippen LogP contribution in [0.1, 0.15) is 45.8 Å².